The summed E-state index contributed by atoms with van der Waals surface area (Å²) >= 11 is 5.81. The van der Waals surface area contributed by atoms with Gasteiger partial charge in [-0.1, -0.05) is 0 Å². The molecule has 0 aliphatic carbocycles. The molecule has 0 aromatic heterocycles. The predicted octanol–water partition coefficient (Wildman–Crippen LogP) is 7.17. The van der Waals surface area contributed by atoms with E-state index < -0.39 is 13.9 Å². The number of hydrogen-bond acceptors (Lipinski definition) is 0. The molecular weight excluding hydrogens is 519 g/mol. The van der Waals surface area contributed by atoms with Crippen molar-refractivity contribution in [1.82, 2.24) is 0 Å². The zero-order valence-corrected chi connectivity index (χ0v) is 20.5. The fourth-order valence-corrected chi connectivity index (χ4v) is 31.0. The molecule has 0 atom stereocenters. The molecule has 0 amide bonds. The topological polar surface area (TPSA) is 0 Å². The molecule has 124 valence electrons. The first-order valence-corrected chi connectivity index (χ1v) is 24.9. The Kier molecular flexibility index (Phi) is 6.46. The van der Waals surface area contributed by atoms with Crippen molar-refractivity contribution in [2.75, 3.05) is 0 Å². The first kappa shape index (κ1) is 19.5. The van der Waals surface area contributed by atoms with E-state index >= 15 is 0 Å². The molecule has 3 heteroatoms. The van der Waals surface area contributed by atoms with Gasteiger partial charge in [0.2, 0.25) is 0 Å². The van der Waals surface area contributed by atoms with Crippen LogP contribution in [0.3, 0.4) is 0 Å². The molecular formula is C20H26Br2Sn. The number of hydrogen-bond donors (Lipinski definition) is 0. The Morgan fingerprint density at radius 2 is 0.957 bits per heavy atom. The van der Waals surface area contributed by atoms with Crippen LogP contribution in [0.2, 0.25) is 8.87 Å². The van der Waals surface area contributed by atoms with Crippen molar-refractivity contribution in [1.29, 1.82) is 0 Å². The van der Waals surface area contributed by atoms with Crippen LogP contribution in [-0.2, 0) is 10.8 Å². The summed E-state index contributed by atoms with van der Waals surface area (Å²) in [6.07, 6.45) is 0. The van der Waals surface area contributed by atoms with Gasteiger partial charge in [0.15, 0.2) is 0 Å². The molecule has 0 saturated carbocycles. The van der Waals surface area contributed by atoms with Crippen LogP contribution in [0.5, 0.6) is 0 Å². The van der Waals surface area contributed by atoms with Crippen molar-refractivity contribution in [3.63, 3.8) is 0 Å². The van der Waals surface area contributed by atoms with E-state index in [4.69, 9.17) is 0 Å². The summed E-state index contributed by atoms with van der Waals surface area (Å²) in [4.78, 5) is 0. The first-order valence-electron chi connectivity index (χ1n) is 8.11. The molecule has 0 radical (unpaired) electrons. The molecule has 0 aliphatic heterocycles. The van der Waals surface area contributed by atoms with Gasteiger partial charge in [-0.25, -0.2) is 0 Å². The first-order chi connectivity index (χ1) is 10.6. The summed E-state index contributed by atoms with van der Waals surface area (Å²) in [5, 5.41) is 0. The van der Waals surface area contributed by atoms with Crippen molar-refractivity contribution in [2.45, 2.75) is 47.4 Å². The van der Waals surface area contributed by atoms with Crippen molar-refractivity contribution in [3.8, 4) is 0 Å². The minimum atomic E-state index is -2.54. The zero-order valence-electron chi connectivity index (χ0n) is 14.4. The Balaban J connectivity index is 2.16. The zero-order chi connectivity index (χ0) is 17.1. The van der Waals surface area contributed by atoms with E-state index in [0.29, 0.717) is 0 Å². The Morgan fingerprint density at radius 1 is 0.652 bits per heavy atom. The standard InChI is InChI=1S/2C10H13.2BrH.Sn/c2*1-10(2,3)9-7-5-4-6-8-9;;;/h2*4-8H,1H2,2-3H3;2*1H;/q;;;;+2/p-2. The molecule has 0 N–H and O–H groups in total. The molecule has 0 fully saturated rings. The van der Waals surface area contributed by atoms with Crippen LogP contribution in [0.1, 0.15) is 38.8 Å². The third-order valence-corrected chi connectivity index (χ3v) is 20.0. The second kappa shape index (κ2) is 7.61. The van der Waals surface area contributed by atoms with Gasteiger partial charge < -0.3 is 0 Å². The SMILES string of the molecule is CC(C)([CH2][Sn]([Br])([Br])[CH2]C(C)(C)c1ccccc1)c1ccccc1. The van der Waals surface area contributed by atoms with Crippen LogP contribution in [0.25, 0.3) is 0 Å². The third-order valence-electron chi connectivity index (χ3n) is 4.51. The average Bonchev–Trinajstić information content (AvgIpc) is 2.47. The van der Waals surface area contributed by atoms with E-state index in [-0.39, 0.29) is 10.8 Å². The number of rotatable bonds is 6. The second-order valence-electron chi connectivity index (χ2n) is 7.71. The summed E-state index contributed by atoms with van der Waals surface area (Å²) in [6, 6.07) is 21.8. The molecule has 0 unspecified atom stereocenters. The fraction of sp³-hybridized carbons (Fsp3) is 0.400. The van der Waals surface area contributed by atoms with Gasteiger partial charge in [0.05, 0.1) is 0 Å². The molecule has 0 bridgehead atoms. The van der Waals surface area contributed by atoms with Crippen molar-refractivity contribution in [2.24, 2.45) is 0 Å². The maximum absolute atomic E-state index is 4.17. The van der Waals surface area contributed by atoms with Crippen molar-refractivity contribution in [3.05, 3.63) is 71.8 Å². The normalized spacial score (nSPS) is 13.1. The van der Waals surface area contributed by atoms with Crippen LogP contribution in [0.15, 0.2) is 60.7 Å². The monoisotopic (exact) mass is 544 g/mol. The third kappa shape index (κ3) is 5.60. The summed E-state index contributed by atoms with van der Waals surface area (Å²) in [7, 11) is 0. The molecule has 0 aliphatic rings. The van der Waals surface area contributed by atoms with Gasteiger partial charge in [0.1, 0.15) is 0 Å². The molecule has 0 spiro atoms. The Bertz CT molecular complexity index is 563. The molecule has 0 nitrogen and oxygen atoms in total. The number of halogens is 2. The molecule has 2 aromatic rings. The predicted molar refractivity (Wildman–Crippen MR) is 112 cm³/mol. The van der Waals surface area contributed by atoms with Gasteiger partial charge in [0.25, 0.3) is 0 Å². The van der Waals surface area contributed by atoms with Crippen molar-refractivity contribution < 1.29 is 0 Å². The van der Waals surface area contributed by atoms with E-state index in [9.17, 15) is 0 Å². The second-order valence-corrected chi connectivity index (χ2v) is 42.1. The summed E-state index contributed by atoms with van der Waals surface area (Å²) in [5.41, 5.74) is 3.24. The Hall–Kier alpha value is 0.199. The molecule has 2 rings (SSSR count). The Morgan fingerprint density at radius 3 is 1.26 bits per heavy atom. The van der Waals surface area contributed by atoms with Gasteiger partial charge >= 0.3 is 159 Å². The van der Waals surface area contributed by atoms with Gasteiger partial charge in [0, 0.05) is 0 Å². The van der Waals surface area contributed by atoms with E-state index in [1.54, 1.807) is 0 Å². The van der Waals surface area contributed by atoms with Gasteiger partial charge in [-0.2, -0.15) is 0 Å². The fourth-order valence-electron chi connectivity index (χ4n) is 3.34. The van der Waals surface area contributed by atoms with Crippen LogP contribution >= 0.6 is 25.4 Å². The maximum atomic E-state index is 4.17. The summed E-state index contributed by atoms with van der Waals surface area (Å²) in [6.45, 7) is 9.47. The molecule has 23 heavy (non-hydrogen) atoms. The van der Waals surface area contributed by atoms with Crippen molar-refractivity contribution >= 4 is 39.3 Å². The Labute approximate surface area is 157 Å². The minimum absolute atomic E-state index is 0.192. The van der Waals surface area contributed by atoms with Crippen LogP contribution in [0.4, 0.5) is 0 Å². The van der Waals surface area contributed by atoms with E-state index in [1.165, 1.54) is 20.0 Å². The molecule has 0 saturated heterocycles. The molecule has 2 aromatic carbocycles. The number of benzene rings is 2. The molecule has 0 heterocycles. The van der Waals surface area contributed by atoms with Crippen LogP contribution < -0.4 is 0 Å². The summed E-state index contributed by atoms with van der Waals surface area (Å²) < 4.78 is 2.45. The van der Waals surface area contributed by atoms with Gasteiger partial charge in [-0.15, -0.1) is 0 Å². The van der Waals surface area contributed by atoms with E-state index in [0.717, 1.165) is 0 Å². The van der Waals surface area contributed by atoms with Gasteiger partial charge in [-0.05, 0) is 0 Å². The van der Waals surface area contributed by atoms with E-state index in [2.05, 4.69) is 114 Å². The van der Waals surface area contributed by atoms with E-state index in [1.807, 2.05) is 0 Å². The summed E-state index contributed by atoms with van der Waals surface area (Å²) in [5.74, 6) is 0. The average molecular weight is 545 g/mol. The van der Waals surface area contributed by atoms with Crippen LogP contribution in [-0.4, -0.2) is 13.9 Å². The van der Waals surface area contributed by atoms with Gasteiger partial charge in [-0.3, -0.25) is 0 Å². The quantitative estimate of drug-likeness (QED) is 0.338. The van der Waals surface area contributed by atoms with Crippen LogP contribution in [0, 0.1) is 0 Å².